The normalized spacial score (nSPS) is 10.8. The number of hydrogen-bond donors (Lipinski definition) is 1. The lowest BCUT2D eigenvalue weighted by atomic mass is 10.1. The van der Waals surface area contributed by atoms with E-state index in [0.717, 1.165) is 16.8 Å². The van der Waals surface area contributed by atoms with E-state index in [0.29, 0.717) is 22.9 Å². The van der Waals surface area contributed by atoms with E-state index in [1.807, 2.05) is 54.7 Å². The van der Waals surface area contributed by atoms with Crippen LogP contribution in [0.1, 0.15) is 5.56 Å². The first kappa shape index (κ1) is 20.9. The Morgan fingerprint density at radius 2 is 1.81 bits per heavy atom. The third-order valence-corrected chi connectivity index (χ3v) is 4.76. The smallest absolute Gasteiger partial charge is 0.248 e. The van der Waals surface area contributed by atoms with E-state index in [2.05, 4.69) is 10.3 Å². The summed E-state index contributed by atoms with van der Waals surface area (Å²) in [7, 11) is 3.19. The van der Waals surface area contributed by atoms with E-state index in [4.69, 9.17) is 14.6 Å². The Kier molecular flexibility index (Phi) is 6.27. The third kappa shape index (κ3) is 4.67. The number of rotatable bonds is 7. The minimum atomic E-state index is -0.260. The van der Waals surface area contributed by atoms with Gasteiger partial charge in [-0.05, 0) is 48.5 Å². The highest BCUT2D eigenvalue weighted by molar-refractivity contribution is 6.02. The standard InChI is InChI=1S/C25H22N4O3/c1-31-22-12-10-18(15-23(22)32-2)25-19(17-29(28-25)21-8-4-3-5-9-21)11-13-24(30)27-20-7-6-14-26-16-20/h3-17H,1-2H3,(H,27,30)/b13-11+. The maximum absolute atomic E-state index is 12.4. The van der Waals surface area contributed by atoms with Gasteiger partial charge in [0.25, 0.3) is 0 Å². The molecule has 0 saturated heterocycles. The molecule has 4 rings (SSSR count). The zero-order chi connectivity index (χ0) is 22.3. The fourth-order valence-electron chi connectivity index (χ4n) is 3.22. The molecule has 0 spiro atoms. The number of anilines is 1. The topological polar surface area (TPSA) is 78.3 Å². The van der Waals surface area contributed by atoms with E-state index >= 15 is 0 Å². The zero-order valence-corrected chi connectivity index (χ0v) is 17.7. The molecule has 0 atom stereocenters. The molecule has 0 aliphatic rings. The van der Waals surface area contributed by atoms with Gasteiger partial charge in [-0.2, -0.15) is 5.10 Å². The van der Waals surface area contributed by atoms with Crippen molar-refractivity contribution in [2.24, 2.45) is 0 Å². The summed E-state index contributed by atoms with van der Waals surface area (Å²) in [6.07, 6.45) is 8.34. The molecule has 0 aliphatic heterocycles. The average molecular weight is 426 g/mol. The summed E-state index contributed by atoms with van der Waals surface area (Å²) in [4.78, 5) is 16.4. The minimum absolute atomic E-state index is 0.260. The number of ether oxygens (including phenoxy) is 2. The number of benzene rings is 2. The molecule has 2 aromatic carbocycles. The van der Waals surface area contributed by atoms with Crippen molar-refractivity contribution in [1.82, 2.24) is 14.8 Å². The summed E-state index contributed by atoms with van der Waals surface area (Å²) in [6, 6.07) is 18.9. The van der Waals surface area contributed by atoms with Gasteiger partial charge in [0, 0.05) is 29.6 Å². The first-order valence-corrected chi connectivity index (χ1v) is 9.94. The second-order valence-electron chi connectivity index (χ2n) is 6.85. The number of carbonyl (C=O) groups excluding carboxylic acids is 1. The van der Waals surface area contributed by atoms with Crippen molar-refractivity contribution in [1.29, 1.82) is 0 Å². The monoisotopic (exact) mass is 426 g/mol. The van der Waals surface area contributed by atoms with Crippen LogP contribution in [0.2, 0.25) is 0 Å². The number of para-hydroxylation sites is 1. The van der Waals surface area contributed by atoms with Gasteiger partial charge in [-0.25, -0.2) is 4.68 Å². The lowest BCUT2D eigenvalue weighted by Crippen LogP contribution is -2.07. The average Bonchev–Trinajstić information content (AvgIpc) is 3.28. The first-order chi connectivity index (χ1) is 15.7. The Balaban J connectivity index is 1.70. The molecular weight excluding hydrogens is 404 g/mol. The lowest BCUT2D eigenvalue weighted by Gasteiger charge is -2.09. The maximum Gasteiger partial charge on any atom is 0.248 e. The summed E-state index contributed by atoms with van der Waals surface area (Å²) < 4.78 is 12.6. The fraction of sp³-hybridized carbons (Fsp3) is 0.0800. The van der Waals surface area contributed by atoms with Gasteiger partial charge in [0.15, 0.2) is 11.5 Å². The molecule has 7 heteroatoms. The van der Waals surface area contributed by atoms with Crippen LogP contribution in [-0.2, 0) is 4.79 Å². The van der Waals surface area contributed by atoms with E-state index in [-0.39, 0.29) is 5.91 Å². The van der Waals surface area contributed by atoms with Gasteiger partial charge < -0.3 is 14.8 Å². The molecule has 0 fully saturated rings. The van der Waals surface area contributed by atoms with Crippen molar-refractivity contribution in [3.63, 3.8) is 0 Å². The van der Waals surface area contributed by atoms with Crippen molar-refractivity contribution in [2.75, 3.05) is 19.5 Å². The van der Waals surface area contributed by atoms with Crippen molar-refractivity contribution >= 4 is 17.7 Å². The SMILES string of the molecule is COc1ccc(-c2nn(-c3ccccc3)cc2/C=C/C(=O)Nc2cccnc2)cc1OC. The molecule has 1 amide bonds. The molecule has 7 nitrogen and oxygen atoms in total. The Morgan fingerprint density at radius 1 is 1.00 bits per heavy atom. The van der Waals surface area contributed by atoms with Gasteiger partial charge in [-0.3, -0.25) is 9.78 Å². The van der Waals surface area contributed by atoms with Crippen LogP contribution in [0.25, 0.3) is 23.0 Å². The van der Waals surface area contributed by atoms with Gasteiger partial charge in [0.1, 0.15) is 5.69 Å². The highest BCUT2D eigenvalue weighted by Crippen LogP contribution is 2.33. The summed E-state index contributed by atoms with van der Waals surface area (Å²) in [5, 5.41) is 7.56. The fourth-order valence-corrected chi connectivity index (χ4v) is 3.22. The molecule has 2 aromatic heterocycles. The van der Waals surface area contributed by atoms with E-state index in [1.54, 1.807) is 49.5 Å². The van der Waals surface area contributed by atoms with Crippen LogP contribution in [-0.4, -0.2) is 34.9 Å². The Bertz CT molecular complexity index is 1230. The third-order valence-electron chi connectivity index (χ3n) is 4.76. The summed E-state index contributed by atoms with van der Waals surface area (Å²) in [6.45, 7) is 0. The Morgan fingerprint density at radius 3 is 2.53 bits per heavy atom. The maximum atomic E-state index is 12.4. The van der Waals surface area contributed by atoms with Gasteiger partial charge in [0.2, 0.25) is 5.91 Å². The largest absolute Gasteiger partial charge is 0.493 e. The van der Waals surface area contributed by atoms with Crippen LogP contribution >= 0.6 is 0 Å². The summed E-state index contributed by atoms with van der Waals surface area (Å²) in [5.41, 5.74) is 3.86. The molecule has 4 aromatic rings. The van der Waals surface area contributed by atoms with Crippen molar-refractivity contribution < 1.29 is 14.3 Å². The van der Waals surface area contributed by atoms with Crippen LogP contribution in [0.15, 0.2) is 85.3 Å². The number of pyridine rings is 1. The number of nitrogens with zero attached hydrogens (tertiary/aromatic N) is 3. The number of hydrogen-bond acceptors (Lipinski definition) is 5. The molecule has 1 N–H and O–H groups in total. The quantitative estimate of drug-likeness (QED) is 0.437. The van der Waals surface area contributed by atoms with Gasteiger partial charge in [0.05, 0.1) is 31.8 Å². The second-order valence-corrected chi connectivity index (χ2v) is 6.85. The Labute approximate surface area is 186 Å². The van der Waals surface area contributed by atoms with Crippen LogP contribution in [0.3, 0.4) is 0 Å². The van der Waals surface area contributed by atoms with Crippen LogP contribution in [0, 0.1) is 0 Å². The Hall–Kier alpha value is -4.39. The minimum Gasteiger partial charge on any atom is -0.493 e. The highest BCUT2D eigenvalue weighted by atomic mass is 16.5. The van der Waals surface area contributed by atoms with Crippen LogP contribution < -0.4 is 14.8 Å². The number of aromatic nitrogens is 3. The van der Waals surface area contributed by atoms with Crippen molar-refractivity contribution in [3.8, 4) is 28.4 Å². The molecule has 0 radical (unpaired) electrons. The predicted octanol–water partition coefficient (Wildman–Crippen LogP) is 4.60. The number of carbonyl (C=O) groups is 1. The van der Waals surface area contributed by atoms with E-state index < -0.39 is 0 Å². The lowest BCUT2D eigenvalue weighted by molar-refractivity contribution is -0.111. The molecule has 160 valence electrons. The van der Waals surface area contributed by atoms with Gasteiger partial charge in [-0.1, -0.05) is 18.2 Å². The predicted molar refractivity (Wildman–Crippen MR) is 124 cm³/mol. The molecule has 0 unspecified atom stereocenters. The molecule has 32 heavy (non-hydrogen) atoms. The second kappa shape index (κ2) is 9.61. The number of amides is 1. The molecule has 0 bridgehead atoms. The van der Waals surface area contributed by atoms with Crippen LogP contribution in [0.5, 0.6) is 11.5 Å². The zero-order valence-electron chi connectivity index (χ0n) is 17.7. The van der Waals surface area contributed by atoms with Crippen molar-refractivity contribution in [3.05, 3.63) is 90.9 Å². The highest BCUT2D eigenvalue weighted by Gasteiger charge is 2.14. The van der Waals surface area contributed by atoms with Crippen LogP contribution in [0.4, 0.5) is 5.69 Å². The summed E-state index contributed by atoms with van der Waals surface area (Å²) in [5.74, 6) is 0.971. The van der Waals surface area contributed by atoms with E-state index in [9.17, 15) is 4.79 Å². The molecule has 0 saturated carbocycles. The number of methoxy groups -OCH3 is 2. The van der Waals surface area contributed by atoms with Crippen molar-refractivity contribution in [2.45, 2.75) is 0 Å². The molecule has 0 aliphatic carbocycles. The van der Waals surface area contributed by atoms with Gasteiger partial charge >= 0.3 is 0 Å². The van der Waals surface area contributed by atoms with E-state index in [1.165, 1.54) is 6.08 Å². The molecule has 2 heterocycles. The first-order valence-electron chi connectivity index (χ1n) is 9.94. The number of nitrogens with one attached hydrogen (secondary N) is 1. The summed E-state index contributed by atoms with van der Waals surface area (Å²) >= 11 is 0. The molecular formula is C25H22N4O3. The van der Waals surface area contributed by atoms with Gasteiger partial charge in [-0.15, -0.1) is 0 Å².